The van der Waals surface area contributed by atoms with Crippen LogP contribution in [0.4, 0.5) is 5.82 Å². The van der Waals surface area contributed by atoms with Gasteiger partial charge in [-0.3, -0.25) is 9.78 Å². The maximum absolute atomic E-state index is 11.0. The molecule has 19 heavy (non-hydrogen) atoms. The maximum atomic E-state index is 11.0. The van der Waals surface area contributed by atoms with Crippen LogP contribution in [0.2, 0.25) is 0 Å². The molecule has 0 radical (unpaired) electrons. The fourth-order valence-corrected chi connectivity index (χ4v) is 1.70. The molecule has 0 bridgehead atoms. The van der Waals surface area contributed by atoms with Gasteiger partial charge >= 0.3 is 5.97 Å². The Morgan fingerprint density at radius 3 is 2.84 bits per heavy atom. The maximum Gasteiger partial charge on any atom is 0.305 e. The minimum absolute atomic E-state index is 0.00200. The van der Waals surface area contributed by atoms with Gasteiger partial charge in [-0.2, -0.15) is 4.52 Å². The lowest BCUT2D eigenvalue weighted by Gasteiger charge is -2.30. The molecule has 102 valence electrons. The number of fused-ring (bicyclic) bond motifs is 1. The van der Waals surface area contributed by atoms with Crippen LogP contribution >= 0.6 is 0 Å². The largest absolute Gasteiger partial charge is 0.481 e. The Kier molecular flexibility index (Phi) is 3.32. The summed E-state index contributed by atoms with van der Waals surface area (Å²) >= 11 is 0. The first-order valence-corrected chi connectivity index (χ1v) is 5.88. The van der Waals surface area contributed by atoms with Crippen molar-refractivity contribution >= 4 is 17.4 Å². The molecular formula is C11H16N6O2. The van der Waals surface area contributed by atoms with Crippen molar-refractivity contribution in [2.45, 2.75) is 33.2 Å². The van der Waals surface area contributed by atoms with E-state index in [0.717, 1.165) is 0 Å². The number of nitrogens with one attached hydrogen (secondary N) is 1. The molecular weight excluding hydrogens is 248 g/mol. The number of carbonyl (C=O) groups is 1. The molecule has 2 aromatic heterocycles. The molecule has 0 aliphatic heterocycles. The third kappa shape index (κ3) is 2.95. The molecule has 0 aliphatic rings. The van der Waals surface area contributed by atoms with Crippen LogP contribution in [0.5, 0.6) is 0 Å². The number of rotatable bonds is 4. The van der Waals surface area contributed by atoms with Crippen molar-refractivity contribution < 1.29 is 9.90 Å². The third-order valence-corrected chi connectivity index (χ3v) is 2.85. The lowest BCUT2D eigenvalue weighted by Crippen LogP contribution is -2.36. The first-order valence-electron chi connectivity index (χ1n) is 5.88. The van der Waals surface area contributed by atoms with Gasteiger partial charge in [0.25, 0.3) is 0 Å². The van der Waals surface area contributed by atoms with Crippen LogP contribution in [-0.2, 0) is 4.79 Å². The fraction of sp³-hybridized carbons (Fsp3) is 0.545. The van der Waals surface area contributed by atoms with E-state index >= 15 is 0 Å². The molecule has 0 spiro atoms. The summed E-state index contributed by atoms with van der Waals surface area (Å²) in [4.78, 5) is 15.0. The zero-order valence-corrected chi connectivity index (χ0v) is 11.0. The standard InChI is InChI=1S/C11H16N6O2/c1-11(2,3)7(4-10(18)19)13-8-5-12-6-9-14-15-16-17(8)9/h5-7,13H,4H2,1-3H3,(H,18,19). The summed E-state index contributed by atoms with van der Waals surface area (Å²) in [5.74, 6) is -0.284. The fourth-order valence-electron chi connectivity index (χ4n) is 1.70. The summed E-state index contributed by atoms with van der Waals surface area (Å²) in [6.07, 6.45) is 3.11. The predicted octanol–water partition coefficient (Wildman–Crippen LogP) is 0.821. The molecule has 0 fully saturated rings. The highest BCUT2D eigenvalue weighted by atomic mass is 16.4. The Morgan fingerprint density at radius 2 is 2.21 bits per heavy atom. The van der Waals surface area contributed by atoms with Crippen molar-refractivity contribution in [3.8, 4) is 0 Å². The van der Waals surface area contributed by atoms with Crippen molar-refractivity contribution in [1.29, 1.82) is 0 Å². The van der Waals surface area contributed by atoms with Crippen molar-refractivity contribution in [3.05, 3.63) is 12.4 Å². The molecule has 2 heterocycles. The quantitative estimate of drug-likeness (QED) is 0.842. The molecule has 2 rings (SSSR count). The lowest BCUT2D eigenvalue weighted by atomic mass is 9.85. The number of anilines is 1. The molecule has 8 heteroatoms. The van der Waals surface area contributed by atoms with E-state index in [2.05, 4.69) is 25.8 Å². The highest BCUT2D eigenvalue weighted by Gasteiger charge is 2.27. The number of aromatic nitrogens is 5. The van der Waals surface area contributed by atoms with Crippen LogP contribution < -0.4 is 5.32 Å². The van der Waals surface area contributed by atoms with E-state index in [9.17, 15) is 4.79 Å². The van der Waals surface area contributed by atoms with Gasteiger partial charge < -0.3 is 10.4 Å². The molecule has 8 nitrogen and oxygen atoms in total. The molecule has 0 saturated heterocycles. The first kappa shape index (κ1) is 13.2. The first-order chi connectivity index (χ1) is 8.88. The second kappa shape index (κ2) is 4.79. The van der Waals surface area contributed by atoms with E-state index in [1.165, 1.54) is 10.7 Å². The number of carboxylic acid groups (broad SMARTS) is 1. The number of hydrogen-bond donors (Lipinski definition) is 2. The van der Waals surface area contributed by atoms with Crippen LogP contribution in [-0.4, -0.2) is 42.1 Å². The van der Waals surface area contributed by atoms with Gasteiger partial charge in [-0.05, 0) is 15.8 Å². The minimum Gasteiger partial charge on any atom is -0.481 e. The monoisotopic (exact) mass is 264 g/mol. The van der Waals surface area contributed by atoms with E-state index in [0.29, 0.717) is 11.5 Å². The summed E-state index contributed by atoms with van der Waals surface area (Å²) in [6.45, 7) is 5.92. The van der Waals surface area contributed by atoms with E-state index in [1.807, 2.05) is 20.8 Å². The molecule has 2 aromatic rings. The van der Waals surface area contributed by atoms with E-state index in [4.69, 9.17) is 5.11 Å². The summed E-state index contributed by atoms with van der Waals surface area (Å²) in [7, 11) is 0. The van der Waals surface area contributed by atoms with Crippen LogP contribution in [0.15, 0.2) is 12.4 Å². The molecule has 0 aromatic carbocycles. The molecule has 0 aliphatic carbocycles. The zero-order valence-electron chi connectivity index (χ0n) is 11.0. The number of carboxylic acids is 1. The highest BCUT2D eigenvalue weighted by Crippen LogP contribution is 2.25. The minimum atomic E-state index is -0.857. The van der Waals surface area contributed by atoms with Gasteiger partial charge in [0.1, 0.15) is 0 Å². The van der Waals surface area contributed by atoms with E-state index < -0.39 is 5.97 Å². The molecule has 0 saturated carbocycles. The van der Waals surface area contributed by atoms with Crippen LogP contribution in [0.25, 0.3) is 5.65 Å². The normalized spacial score (nSPS) is 13.4. The summed E-state index contributed by atoms with van der Waals surface area (Å²) in [5.41, 5.74) is 0.280. The molecule has 1 unspecified atom stereocenters. The van der Waals surface area contributed by atoms with Gasteiger partial charge in [-0.1, -0.05) is 20.8 Å². The Balaban J connectivity index is 2.30. The van der Waals surface area contributed by atoms with Crippen LogP contribution in [0.1, 0.15) is 27.2 Å². The average molecular weight is 264 g/mol. The summed E-state index contributed by atoms with van der Waals surface area (Å²) in [6, 6.07) is -0.262. The van der Waals surface area contributed by atoms with Gasteiger partial charge in [0.15, 0.2) is 11.5 Å². The van der Waals surface area contributed by atoms with Gasteiger partial charge in [0.05, 0.1) is 18.8 Å². The summed E-state index contributed by atoms with van der Waals surface area (Å²) < 4.78 is 1.49. The Bertz CT molecular complexity index is 588. The van der Waals surface area contributed by atoms with Crippen LogP contribution in [0.3, 0.4) is 0 Å². The van der Waals surface area contributed by atoms with Gasteiger partial charge in [0.2, 0.25) is 0 Å². The third-order valence-electron chi connectivity index (χ3n) is 2.85. The average Bonchev–Trinajstić information content (AvgIpc) is 2.75. The van der Waals surface area contributed by atoms with Crippen molar-refractivity contribution in [3.63, 3.8) is 0 Å². The second-order valence-electron chi connectivity index (χ2n) is 5.40. The Morgan fingerprint density at radius 1 is 1.47 bits per heavy atom. The molecule has 2 N–H and O–H groups in total. The van der Waals surface area contributed by atoms with Crippen LogP contribution in [0, 0.1) is 5.41 Å². The zero-order chi connectivity index (χ0) is 14.0. The van der Waals surface area contributed by atoms with Gasteiger partial charge in [-0.25, -0.2) is 0 Å². The lowest BCUT2D eigenvalue weighted by molar-refractivity contribution is -0.137. The Labute approximate surface area is 109 Å². The van der Waals surface area contributed by atoms with Gasteiger partial charge in [-0.15, -0.1) is 5.10 Å². The predicted molar refractivity (Wildman–Crippen MR) is 67.7 cm³/mol. The molecule has 1 atom stereocenters. The Hall–Kier alpha value is -2.25. The number of nitrogens with zero attached hydrogens (tertiary/aromatic N) is 5. The van der Waals surface area contributed by atoms with E-state index in [-0.39, 0.29) is 17.9 Å². The summed E-state index contributed by atoms with van der Waals surface area (Å²) in [5, 5.41) is 23.3. The van der Waals surface area contributed by atoms with Crippen molar-refractivity contribution in [1.82, 2.24) is 25.0 Å². The SMILES string of the molecule is CC(C)(C)C(CC(=O)O)Nc1cncc2nnnn12. The van der Waals surface area contributed by atoms with E-state index in [1.54, 1.807) is 6.20 Å². The highest BCUT2D eigenvalue weighted by molar-refractivity contribution is 5.68. The second-order valence-corrected chi connectivity index (χ2v) is 5.40. The smallest absolute Gasteiger partial charge is 0.305 e. The number of hydrogen-bond acceptors (Lipinski definition) is 6. The van der Waals surface area contributed by atoms with Crippen molar-refractivity contribution in [2.75, 3.05) is 5.32 Å². The van der Waals surface area contributed by atoms with Gasteiger partial charge in [0, 0.05) is 6.04 Å². The number of aliphatic carboxylic acids is 1. The van der Waals surface area contributed by atoms with Crippen molar-refractivity contribution in [2.24, 2.45) is 5.41 Å². The number of tetrazole rings is 1. The molecule has 0 amide bonds. The topological polar surface area (TPSA) is 105 Å².